The molecule has 158 valence electrons. The van der Waals surface area contributed by atoms with E-state index in [9.17, 15) is 4.79 Å². The second-order valence-electron chi connectivity index (χ2n) is 7.05. The van der Waals surface area contributed by atoms with Crippen molar-refractivity contribution in [2.24, 2.45) is 0 Å². The van der Waals surface area contributed by atoms with E-state index < -0.39 is 0 Å². The molecule has 0 spiro atoms. The molecule has 1 saturated carbocycles. The van der Waals surface area contributed by atoms with Crippen LogP contribution in [0.25, 0.3) is 11.4 Å². The van der Waals surface area contributed by atoms with Crippen LogP contribution in [-0.4, -0.2) is 46.8 Å². The molecule has 1 heterocycles. The maximum atomic E-state index is 12.1. The molecular weight excluding hydrogens is 390 g/mol. The summed E-state index contributed by atoms with van der Waals surface area (Å²) in [7, 11) is 3.24. The Morgan fingerprint density at radius 3 is 2.55 bits per heavy atom. The first-order chi connectivity index (χ1) is 14.1. The Morgan fingerprint density at radius 1 is 1.17 bits per heavy atom. The molecule has 29 heavy (non-hydrogen) atoms. The number of nitrogens with zero attached hydrogens (tertiary/aromatic N) is 3. The van der Waals surface area contributed by atoms with Crippen LogP contribution in [0.3, 0.4) is 0 Å². The summed E-state index contributed by atoms with van der Waals surface area (Å²) in [5.74, 6) is 1.88. The molecule has 7 nitrogen and oxygen atoms in total. The highest BCUT2D eigenvalue weighted by Crippen LogP contribution is 2.38. The topological polar surface area (TPSA) is 75.5 Å². The van der Waals surface area contributed by atoms with Gasteiger partial charge in [0.15, 0.2) is 22.5 Å². The van der Waals surface area contributed by atoms with Gasteiger partial charge in [0.1, 0.15) is 5.25 Å². The van der Waals surface area contributed by atoms with E-state index in [4.69, 9.17) is 14.2 Å². The van der Waals surface area contributed by atoms with Crippen molar-refractivity contribution in [3.8, 4) is 22.9 Å². The van der Waals surface area contributed by atoms with E-state index in [1.807, 2.05) is 32.0 Å². The quantitative estimate of drug-likeness (QED) is 0.460. The maximum absolute atomic E-state index is 12.1. The lowest BCUT2D eigenvalue weighted by atomic mass is 9.95. The van der Waals surface area contributed by atoms with E-state index in [0.29, 0.717) is 24.1 Å². The summed E-state index contributed by atoms with van der Waals surface area (Å²) in [6.45, 7) is 4.03. The number of hydrogen-bond acceptors (Lipinski definition) is 7. The number of methoxy groups -OCH3 is 2. The lowest BCUT2D eigenvalue weighted by Crippen LogP contribution is -2.19. The summed E-state index contributed by atoms with van der Waals surface area (Å²) < 4.78 is 18.2. The Balaban J connectivity index is 1.99. The van der Waals surface area contributed by atoms with Gasteiger partial charge >= 0.3 is 5.97 Å². The van der Waals surface area contributed by atoms with E-state index in [1.165, 1.54) is 31.0 Å². The molecule has 1 aliphatic rings. The largest absolute Gasteiger partial charge is 0.493 e. The predicted octanol–water partition coefficient (Wildman–Crippen LogP) is 4.51. The van der Waals surface area contributed by atoms with E-state index in [1.54, 1.807) is 14.2 Å². The molecule has 2 aromatic rings. The molecule has 0 amide bonds. The Labute approximate surface area is 176 Å². The van der Waals surface area contributed by atoms with E-state index in [2.05, 4.69) is 14.8 Å². The van der Waals surface area contributed by atoms with Crippen molar-refractivity contribution >= 4 is 17.7 Å². The maximum Gasteiger partial charge on any atom is 0.319 e. The summed E-state index contributed by atoms with van der Waals surface area (Å²) in [6, 6.07) is 6.08. The molecule has 0 aliphatic heterocycles. The first-order valence-electron chi connectivity index (χ1n) is 10.1. The Kier molecular flexibility index (Phi) is 7.41. The predicted molar refractivity (Wildman–Crippen MR) is 113 cm³/mol. The lowest BCUT2D eigenvalue weighted by molar-refractivity contribution is -0.142. The molecule has 1 fully saturated rings. The van der Waals surface area contributed by atoms with Crippen molar-refractivity contribution in [2.45, 2.75) is 62.4 Å². The van der Waals surface area contributed by atoms with Crippen LogP contribution in [0, 0.1) is 0 Å². The monoisotopic (exact) mass is 419 g/mol. The normalized spacial score (nSPS) is 15.7. The van der Waals surface area contributed by atoms with Gasteiger partial charge in [0.2, 0.25) is 0 Å². The van der Waals surface area contributed by atoms with Crippen LogP contribution in [0.4, 0.5) is 0 Å². The van der Waals surface area contributed by atoms with Crippen molar-refractivity contribution in [1.29, 1.82) is 0 Å². The number of rotatable bonds is 8. The fourth-order valence-electron chi connectivity index (χ4n) is 3.66. The third kappa shape index (κ3) is 4.86. The molecule has 0 radical (unpaired) electrons. The summed E-state index contributed by atoms with van der Waals surface area (Å²) in [5, 5.41) is 9.34. The van der Waals surface area contributed by atoms with Crippen molar-refractivity contribution < 1.29 is 19.0 Å². The average molecular weight is 420 g/mol. The minimum atomic E-state index is -0.347. The highest BCUT2D eigenvalue weighted by molar-refractivity contribution is 8.00. The highest BCUT2D eigenvalue weighted by Gasteiger charge is 2.27. The zero-order valence-corrected chi connectivity index (χ0v) is 18.3. The number of carbonyl (C=O) groups excluding carboxylic acids is 1. The van der Waals surface area contributed by atoms with Crippen LogP contribution in [0.15, 0.2) is 23.4 Å². The standard InChI is InChI=1S/C21H29N3O4S/c1-5-28-20(25)14(2)29-21-23-22-19(24(21)16-9-7-6-8-10-16)15-11-12-17(26-3)18(13-15)27-4/h11-14,16H,5-10H2,1-4H3/t14-/m0/s1. The fourth-order valence-corrected chi connectivity index (χ4v) is 4.58. The lowest BCUT2D eigenvalue weighted by Gasteiger charge is -2.26. The molecule has 3 rings (SSSR count). The molecule has 0 saturated heterocycles. The molecular formula is C21H29N3O4S. The first kappa shape index (κ1) is 21.5. The Hall–Kier alpha value is -2.22. The van der Waals surface area contributed by atoms with Gasteiger partial charge < -0.3 is 14.2 Å². The number of esters is 1. The number of carbonyl (C=O) groups is 1. The van der Waals surface area contributed by atoms with Crippen molar-refractivity contribution in [3.63, 3.8) is 0 Å². The van der Waals surface area contributed by atoms with Gasteiger partial charge in [-0.3, -0.25) is 9.36 Å². The Bertz CT molecular complexity index is 833. The SMILES string of the molecule is CCOC(=O)[C@H](C)Sc1nnc(-c2ccc(OC)c(OC)c2)n1C1CCCCC1. The third-order valence-electron chi connectivity index (χ3n) is 5.15. The number of benzene rings is 1. The molecule has 1 aromatic carbocycles. The molecule has 1 aromatic heterocycles. The van der Waals surface area contributed by atoms with Crippen molar-refractivity contribution in [3.05, 3.63) is 18.2 Å². The highest BCUT2D eigenvalue weighted by atomic mass is 32.2. The number of hydrogen-bond donors (Lipinski definition) is 0. The first-order valence-corrected chi connectivity index (χ1v) is 11.0. The molecule has 0 bridgehead atoms. The number of ether oxygens (including phenoxy) is 3. The average Bonchev–Trinajstić information content (AvgIpc) is 3.17. The molecule has 1 atom stereocenters. The van der Waals surface area contributed by atoms with Gasteiger partial charge in [0.05, 0.1) is 20.8 Å². The van der Waals surface area contributed by atoms with Gasteiger partial charge in [-0.15, -0.1) is 10.2 Å². The van der Waals surface area contributed by atoms with Crippen LogP contribution >= 0.6 is 11.8 Å². The number of thioether (sulfide) groups is 1. The Morgan fingerprint density at radius 2 is 1.90 bits per heavy atom. The van der Waals surface area contributed by atoms with Gasteiger partial charge in [0.25, 0.3) is 0 Å². The van der Waals surface area contributed by atoms with Crippen molar-refractivity contribution in [1.82, 2.24) is 14.8 Å². The second kappa shape index (κ2) is 10.0. The summed E-state index contributed by atoms with van der Waals surface area (Å²) in [6.07, 6.45) is 5.79. The minimum absolute atomic E-state index is 0.233. The zero-order valence-electron chi connectivity index (χ0n) is 17.5. The van der Waals surface area contributed by atoms with Crippen LogP contribution in [0.2, 0.25) is 0 Å². The smallest absolute Gasteiger partial charge is 0.319 e. The van der Waals surface area contributed by atoms with Gasteiger partial charge in [-0.25, -0.2) is 0 Å². The van der Waals surface area contributed by atoms with Crippen LogP contribution in [-0.2, 0) is 9.53 Å². The minimum Gasteiger partial charge on any atom is -0.493 e. The van der Waals surface area contributed by atoms with Gasteiger partial charge in [-0.05, 0) is 44.9 Å². The third-order valence-corrected chi connectivity index (χ3v) is 6.18. The fraction of sp³-hybridized carbons (Fsp3) is 0.571. The van der Waals surface area contributed by atoms with Crippen LogP contribution in [0.5, 0.6) is 11.5 Å². The summed E-state index contributed by atoms with van der Waals surface area (Å²) in [5.41, 5.74) is 0.913. The molecule has 1 aliphatic carbocycles. The van der Waals surface area contributed by atoms with Crippen LogP contribution < -0.4 is 9.47 Å². The van der Waals surface area contributed by atoms with E-state index >= 15 is 0 Å². The van der Waals surface area contributed by atoms with Crippen molar-refractivity contribution in [2.75, 3.05) is 20.8 Å². The zero-order chi connectivity index (χ0) is 20.8. The second-order valence-corrected chi connectivity index (χ2v) is 8.36. The van der Waals surface area contributed by atoms with E-state index in [0.717, 1.165) is 29.4 Å². The number of aromatic nitrogens is 3. The summed E-state index contributed by atoms with van der Waals surface area (Å²) >= 11 is 1.40. The van der Waals surface area contributed by atoms with E-state index in [-0.39, 0.29) is 11.2 Å². The molecule has 0 N–H and O–H groups in total. The van der Waals surface area contributed by atoms with Gasteiger partial charge in [-0.2, -0.15) is 0 Å². The molecule has 0 unspecified atom stereocenters. The summed E-state index contributed by atoms with van der Waals surface area (Å²) in [4.78, 5) is 12.1. The molecule has 8 heteroatoms. The van der Waals surface area contributed by atoms with Crippen LogP contribution in [0.1, 0.15) is 52.0 Å². The van der Waals surface area contributed by atoms with Gasteiger partial charge in [-0.1, -0.05) is 31.0 Å². The van der Waals surface area contributed by atoms with Gasteiger partial charge in [0, 0.05) is 11.6 Å².